The second kappa shape index (κ2) is 5.55. The van der Waals surface area contributed by atoms with Gasteiger partial charge in [-0.15, -0.1) is 0 Å². The van der Waals surface area contributed by atoms with Gasteiger partial charge in [-0.2, -0.15) is 18.3 Å². The molecule has 0 radical (unpaired) electrons. The number of rotatable bonds is 3. The third kappa shape index (κ3) is 3.39. The normalized spacial score (nSPS) is 11.5. The molecular formula is C13H11F4N3O. The molecule has 8 heteroatoms. The van der Waals surface area contributed by atoms with E-state index in [2.05, 4.69) is 10.4 Å². The highest BCUT2D eigenvalue weighted by atomic mass is 19.4. The highest BCUT2D eigenvalue weighted by Gasteiger charge is 2.34. The summed E-state index contributed by atoms with van der Waals surface area (Å²) in [5, 5.41) is 6.34. The smallest absolute Gasteiger partial charge is 0.346 e. The maximum Gasteiger partial charge on any atom is 0.419 e. The van der Waals surface area contributed by atoms with E-state index in [1.807, 2.05) is 0 Å². The summed E-state index contributed by atoms with van der Waals surface area (Å²) in [4.78, 5) is 11.8. The van der Waals surface area contributed by atoms with Crippen molar-refractivity contribution < 1.29 is 22.4 Å². The van der Waals surface area contributed by atoms with Gasteiger partial charge in [0.2, 0.25) is 0 Å². The number of halogens is 4. The number of benzene rings is 1. The van der Waals surface area contributed by atoms with Crippen molar-refractivity contribution in [3.05, 3.63) is 53.1 Å². The van der Waals surface area contributed by atoms with Crippen LogP contribution >= 0.6 is 0 Å². The Balaban J connectivity index is 2.15. The van der Waals surface area contributed by atoms with E-state index in [1.54, 1.807) is 13.1 Å². The molecule has 0 bridgehead atoms. The van der Waals surface area contributed by atoms with Crippen LogP contribution in [0, 0.1) is 5.82 Å². The van der Waals surface area contributed by atoms with Crippen LogP contribution in [-0.4, -0.2) is 15.7 Å². The topological polar surface area (TPSA) is 46.9 Å². The van der Waals surface area contributed by atoms with Gasteiger partial charge in [-0.05, 0) is 24.3 Å². The minimum absolute atomic E-state index is 0.105. The van der Waals surface area contributed by atoms with E-state index in [0.717, 1.165) is 6.07 Å². The number of alkyl halides is 3. The van der Waals surface area contributed by atoms with E-state index < -0.39 is 23.5 Å². The largest absolute Gasteiger partial charge is 0.419 e. The fraction of sp³-hybridized carbons (Fsp3) is 0.231. The highest BCUT2D eigenvalue weighted by molar-refractivity contribution is 5.94. The lowest BCUT2D eigenvalue weighted by Crippen LogP contribution is -2.24. The third-order valence-electron chi connectivity index (χ3n) is 2.89. The Morgan fingerprint density at radius 2 is 2.05 bits per heavy atom. The quantitative estimate of drug-likeness (QED) is 0.886. The fourth-order valence-corrected chi connectivity index (χ4v) is 1.73. The summed E-state index contributed by atoms with van der Waals surface area (Å²) < 4.78 is 52.4. The standard InChI is InChI=1S/C13H11F4N3O/c1-20-9(4-5-19-20)7-18-12(21)8-2-3-11(14)10(6-8)13(15,16)17/h2-6H,7H2,1H3,(H,18,21). The Morgan fingerprint density at radius 3 is 2.62 bits per heavy atom. The van der Waals surface area contributed by atoms with Crippen LogP contribution in [0.15, 0.2) is 30.5 Å². The van der Waals surface area contributed by atoms with Crippen LogP contribution < -0.4 is 5.32 Å². The van der Waals surface area contributed by atoms with Gasteiger partial charge in [0.15, 0.2) is 0 Å². The number of carbonyl (C=O) groups excluding carboxylic acids is 1. The molecule has 2 rings (SSSR count). The molecular weight excluding hydrogens is 290 g/mol. The van der Waals surface area contributed by atoms with Crippen molar-refractivity contribution in [3.63, 3.8) is 0 Å². The lowest BCUT2D eigenvalue weighted by molar-refractivity contribution is -0.140. The maximum atomic E-state index is 13.1. The van der Waals surface area contributed by atoms with Gasteiger partial charge in [0.1, 0.15) is 5.82 Å². The number of amides is 1. The Labute approximate surface area is 117 Å². The van der Waals surface area contributed by atoms with Crippen molar-refractivity contribution >= 4 is 5.91 Å². The Morgan fingerprint density at radius 1 is 1.33 bits per heavy atom. The van der Waals surface area contributed by atoms with Gasteiger partial charge in [0, 0.05) is 18.8 Å². The first-order valence-electron chi connectivity index (χ1n) is 5.91. The van der Waals surface area contributed by atoms with Gasteiger partial charge < -0.3 is 5.32 Å². The van der Waals surface area contributed by atoms with Crippen LogP contribution in [0.1, 0.15) is 21.6 Å². The molecule has 0 saturated carbocycles. The Hall–Kier alpha value is -2.38. The van der Waals surface area contributed by atoms with Gasteiger partial charge in [-0.25, -0.2) is 4.39 Å². The molecule has 1 heterocycles. The van der Waals surface area contributed by atoms with Crippen LogP contribution in [0.25, 0.3) is 0 Å². The summed E-state index contributed by atoms with van der Waals surface area (Å²) in [5.41, 5.74) is -1.04. The summed E-state index contributed by atoms with van der Waals surface area (Å²) >= 11 is 0. The van der Waals surface area contributed by atoms with Crippen molar-refractivity contribution in [1.82, 2.24) is 15.1 Å². The van der Waals surface area contributed by atoms with E-state index in [-0.39, 0.29) is 12.1 Å². The monoisotopic (exact) mass is 301 g/mol. The van der Waals surface area contributed by atoms with Crippen molar-refractivity contribution in [2.45, 2.75) is 12.7 Å². The Bertz CT molecular complexity index is 664. The molecule has 0 aliphatic heterocycles. The maximum absolute atomic E-state index is 13.1. The summed E-state index contributed by atoms with van der Waals surface area (Å²) in [6.45, 7) is 0.105. The third-order valence-corrected chi connectivity index (χ3v) is 2.89. The molecule has 0 fully saturated rings. The molecule has 1 amide bonds. The average molecular weight is 301 g/mol. The van der Waals surface area contributed by atoms with E-state index in [4.69, 9.17) is 0 Å². The number of nitrogens with zero attached hydrogens (tertiary/aromatic N) is 2. The van der Waals surface area contributed by atoms with Crippen LogP contribution in [0.4, 0.5) is 17.6 Å². The second-order valence-corrected chi connectivity index (χ2v) is 4.32. The lowest BCUT2D eigenvalue weighted by atomic mass is 10.1. The van der Waals surface area contributed by atoms with E-state index in [1.165, 1.54) is 10.9 Å². The number of carbonyl (C=O) groups is 1. The number of hydrogen-bond acceptors (Lipinski definition) is 2. The first kappa shape index (κ1) is 15.0. The number of hydrogen-bond donors (Lipinski definition) is 1. The Kier molecular flexibility index (Phi) is 3.97. The van der Waals surface area contributed by atoms with Crippen LogP contribution in [0.3, 0.4) is 0 Å². The minimum atomic E-state index is -4.84. The first-order chi connectivity index (χ1) is 9.79. The predicted molar refractivity (Wildman–Crippen MR) is 65.8 cm³/mol. The molecule has 0 atom stereocenters. The molecule has 0 aliphatic carbocycles. The molecule has 1 aromatic carbocycles. The van der Waals surface area contributed by atoms with Crippen LogP contribution in [-0.2, 0) is 19.8 Å². The lowest BCUT2D eigenvalue weighted by Gasteiger charge is -2.10. The zero-order chi connectivity index (χ0) is 15.6. The molecule has 1 aromatic heterocycles. The SMILES string of the molecule is Cn1nccc1CNC(=O)c1ccc(F)c(C(F)(F)F)c1. The van der Waals surface area contributed by atoms with Crippen LogP contribution in [0.2, 0.25) is 0 Å². The predicted octanol–water partition coefficient (Wildman–Crippen LogP) is 2.51. The highest BCUT2D eigenvalue weighted by Crippen LogP contribution is 2.31. The van der Waals surface area contributed by atoms with Gasteiger partial charge in [0.05, 0.1) is 17.8 Å². The molecule has 4 nitrogen and oxygen atoms in total. The number of aromatic nitrogens is 2. The van der Waals surface area contributed by atoms with Crippen molar-refractivity contribution in [2.75, 3.05) is 0 Å². The van der Waals surface area contributed by atoms with E-state index in [0.29, 0.717) is 17.8 Å². The molecule has 0 unspecified atom stereocenters. The molecule has 1 N–H and O–H groups in total. The minimum Gasteiger partial charge on any atom is -0.346 e. The molecule has 112 valence electrons. The summed E-state index contributed by atoms with van der Waals surface area (Å²) in [6, 6.07) is 3.78. The zero-order valence-electron chi connectivity index (χ0n) is 10.9. The fourth-order valence-electron chi connectivity index (χ4n) is 1.73. The molecule has 0 spiro atoms. The van der Waals surface area contributed by atoms with Crippen LogP contribution in [0.5, 0.6) is 0 Å². The molecule has 21 heavy (non-hydrogen) atoms. The summed E-state index contributed by atoms with van der Waals surface area (Å²) in [6.07, 6.45) is -3.32. The van der Waals surface area contributed by atoms with E-state index in [9.17, 15) is 22.4 Å². The van der Waals surface area contributed by atoms with Crippen molar-refractivity contribution in [3.8, 4) is 0 Å². The summed E-state index contributed by atoms with van der Waals surface area (Å²) in [7, 11) is 1.67. The number of aryl methyl sites for hydroxylation is 1. The molecule has 0 aliphatic rings. The number of nitrogens with one attached hydrogen (secondary N) is 1. The van der Waals surface area contributed by atoms with Crippen molar-refractivity contribution in [1.29, 1.82) is 0 Å². The molecule has 0 saturated heterocycles. The second-order valence-electron chi connectivity index (χ2n) is 4.32. The van der Waals surface area contributed by atoms with Gasteiger partial charge in [0.25, 0.3) is 5.91 Å². The zero-order valence-corrected chi connectivity index (χ0v) is 10.9. The van der Waals surface area contributed by atoms with Gasteiger partial charge >= 0.3 is 6.18 Å². The van der Waals surface area contributed by atoms with Gasteiger partial charge in [-0.3, -0.25) is 9.48 Å². The molecule has 2 aromatic rings. The average Bonchev–Trinajstić information content (AvgIpc) is 2.80. The van der Waals surface area contributed by atoms with Crippen molar-refractivity contribution in [2.24, 2.45) is 7.05 Å². The summed E-state index contributed by atoms with van der Waals surface area (Å²) in [5.74, 6) is -2.13. The first-order valence-corrected chi connectivity index (χ1v) is 5.91. The van der Waals surface area contributed by atoms with E-state index >= 15 is 0 Å². The van der Waals surface area contributed by atoms with Gasteiger partial charge in [-0.1, -0.05) is 0 Å².